The molecule has 0 aliphatic heterocycles. The van der Waals surface area contributed by atoms with E-state index in [1.54, 1.807) is 60.7 Å². The van der Waals surface area contributed by atoms with E-state index in [9.17, 15) is 14.7 Å². The van der Waals surface area contributed by atoms with Crippen LogP contribution in [0.2, 0.25) is 5.02 Å². The van der Waals surface area contributed by atoms with Crippen molar-refractivity contribution in [1.82, 2.24) is 5.73 Å². The number of nitrogens with one attached hydrogen (secondary N) is 3. The molecule has 0 heterocycles. The highest BCUT2D eigenvalue weighted by Gasteiger charge is 2.15. The molecule has 0 fully saturated rings. The normalized spacial score (nSPS) is 10.4. The number of rotatable bonds is 6. The Hall–Kier alpha value is -3.55. The Kier molecular flexibility index (Phi) is 6.56. The maximum absolute atomic E-state index is 12.3. The first-order chi connectivity index (χ1) is 14.4. The summed E-state index contributed by atoms with van der Waals surface area (Å²) in [6.45, 7) is 1.17. The van der Waals surface area contributed by atoms with Crippen molar-refractivity contribution in [2.45, 2.75) is 13.5 Å². The molecule has 0 saturated carbocycles. The van der Waals surface area contributed by atoms with Crippen molar-refractivity contribution >= 4 is 34.8 Å². The first-order valence-corrected chi connectivity index (χ1v) is 9.37. The molecule has 2 amide bonds. The predicted molar refractivity (Wildman–Crippen MR) is 115 cm³/mol. The summed E-state index contributed by atoms with van der Waals surface area (Å²) in [6, 6.07) is 16.4. The van der Waals surface area contributed by atoms with Crippen LogP contribution in [-0.4, -0.2) is 16.9 Å². The lowest BCUT2D eigenvalue weighted by molar-refractivity contribution is -0.114. The molecule has 0 aromatic heterocycles. The van der Waals surface area contributed by atoms with Gasteiger partial charge in [-0.05, 0) is 48.5 Å². The molecule has 0 unspecified atom stereocenters. The summed E-state index contributed by atoms with van der Waals surface area (Å²) in [5, 5.41) is 16.1. The number of phenols is 1. The van der Waals surface area contributed by atoms with Crippen molar-refractivity contribution in [3.63, 3.8) is 0 Å². The lowest BCUT2D eigenvalue weighted by Gasteiger charge is -2.15. The Morgan fingerprint density at radius 2 is 1.80 bits per heavy atom. The molecule has 8 heteroatoms. The molecule has 0 saturated heterocycles. The number of halogens is 1. The lowest BCUT2D eigenvalue weighted by atomic mass is 10.1. The SMILES string of the molecule is CC(=O)Nc1c(Oc2ccc(NC(=O)c3cccc(Cl)c3)cc2)ccc(C[NH])c1O. The monoisotopic (exact) mass is 424 g/mol. The van der Waals surface area contributed by atoms with Crippen LogP contribution in [0.1, 0.15) is 22.8 Å². The number of ether oxygens (including phenoxy) is 1. The van der Waals surface area contributed by atoms with Crippen LogP contribution >= 0.6 is 11.6 Å². The maximum Gasteiger partial charge on any atom is 0.255 e. The molecule has 153 valence electrons. The molecule has 1 radical (unpaired) electrons. The number of aromatic hydroxyl groups is 1. The van der Waals surface area contributed by atoms with E-state index in [1.807, 2.05) is 0 Å². The number of hydrogen-bond donors (Lipinski definition) is 3. The molecular formula is C22H19ClN3O4. The van der Waals surface area contributed by atoms with Crippen molar-refractivity contribution < 1.29 is 19.4 Å². The molecule has 4 N–H and O–H groups in total. The molecular weight excluding hydrogens is 406 g/mol. The van der Waals surface area contributed by atoms with Crippen molar-refractivity contribution in [3.8, 4) is 17.2 Å². The van der Waals surface area contributed by atoms with Gasteiger partial charge < -0.3 is 20.5 Å². The first-order valence-electron chi connectivity index (χ1n) is 8.99. The molecule has 0 bridgehead atoms. The molecule has 30 heavy (non-hydrogen) atoms. The van der Waals surface area contributed by atoms with Crippen LogP contribution in [0, 0.1) is 0 Å². The Morgan fingerprint density at radius 1 is 1.07 bits per heavy atom. The Morgan fingerprint density at radius 3 is 2.43 bits per heavy atom. The zero-order valence-corrected chi connectivity index (χ0v) is 16.8. The van der Waals surface area contributed by atoms with Gasteiger partial charge >= 0.3 is 0 Å². The summed E-state index contributed by atoms with van der Waals surface area (Å²) in [4.78, 5) is 23.8. The standard InChI is InChI=1S/C22H19ClN3O4/c1-13(27)25-20-19(10-5-15(12-24)21(20)28)30-18-8-6-17(7-9-18)26-22(29)14-3-2-4-16(23)11-14/h2-11,24,28H,12H2,1H3,(H,25,27)(H,26,29). The number of anilines is 2. The van der Waals surface area contributed by atoms with Gasteiger partial charge in [-0.15, -0.1) is 0 Å². The van der Waals surface area contributed by atoms with Gasteiger partial charge in [0, 0.05) is 35.3 Å². The van der Waals surface area contributed by atoms with Crippen LogP contribution in [0.5, 0.6) is 17.2 Å². The largest absolute Gasteiger partial charge is 0.505 e. The first kappa shape index (κ1) is 21.2. The number of amides is 2. The zero-order valence-electron chi connectivity index (χ0n) is 16.0. The van der Waals surface area contributed by atoms with E-state index in [4.69, 9.17) is 22.1 Å². The Labute approximate surface area is 178 Å². The summed E-state index contributed by atoms with van der Waals surface area (Å²) < 4.78 is 5.78. The second-order valence-corrected chi connectivity index (χ2v) is 6.83. The van der Waals surface area contributed by atoms with E-state index in [2.05, 4.69) is 10.6 Å². The third-order valence-electron chi connectivity index (χ3n) is 4.14. The van der Waals surface area contributed by atoms with Crippen molar-refractivity contribution in [2.24, 2.45) is 0 Å². The summed E-state index contributed by atoms with van der Waals surface area (Å²) in [7, 11) is 0. The fraction of sp³-hybridized carbons (Fsp3) is 0.0909. The van der Waals surface area contributed by atoms with E-state index in [0.29, 0.717) is 27.6 Å². The van der Waals surface area contributed by atoms with Gasteiger partial charge in [0.2, 0.25) is 5.91 Å². The van der Waals surface area contributed by atoms with Crippen molar-refractivity contribution in [3.05, 3.63) is 76.8 Å². The van der Waals surface area contributed by atoms with E-state index >= 15 is 0 Å². The number of phenolic OH excluding ortho intramolecular Hbond substituents is 1. The van der Waals surface area contributed by atoms with Crippen molar-refractivity contribution in [2.75, 3.05) is 10.6 Å². The van der Waals surface area contributed by atoms with Crippen LogP contribution < -0.4 is 21.1 Å². The van der Waals surface area contributed by atoms with Crippen LogP contribution in [-0.2, 0) is 11.3 Å². The number of benzene rings is 3. The second kappa shape index (κ2) is 9.30. The minimum atomic E-state index is -0.378. The van der Waals surface area contributed by atoms with Gasteiger partial charge in [0.15, 0.2) is 5.75 Å². The third kappa shape index (κ3) is 5.08. The average molecular weight is 425 g/mol. The quantitative estimate of drug-likeness (QED) is 0.492. The van der Waals surface area contributed by atoms with Crippen molar-refractivity contribution in [1.29, 1.82) is 0 Å². The van der Waals surface area contributed by atoms with E-state index in [0.717, 1.165) is 0 Å². The fourth-order valence-corrected chi connectivity index (χ4v) is 2.90. The Balaban J connectivity index is 1.76. The summed E-state index contributed by atoms with van der Waals surface area (Å²) in [5.74, 6) is -0.217. The summed E-state index contributed by atoms with van der Waals surface area (Å²) in [6.07, 6.45) is 0. The van der Waals surface area contributed by atoms with E-state index < -0.39 is 0 Å². The third-order valence-corrected chi connectivity index (χ3v) is 4.38. The molecule has 3 aromatic rings. The van der Waals surface area contributed by atoms with Gasteiger partial charge in [-0.25, -0.2) is 0 Å². The fourth-order valence-electron chi connectivity index (χ4n) is 2.71. The predicted octanol–water partition coefficient (Wildman–Crippen LogP) is 4.83. The van der Waals surface area contributed by atoms with Crippen LogP contribution in [0.4, 0.5) is 11.4 Å². The second-order valence-electron chi connectivity index (χ2n) is 6.40. The average Bonchev–Trinajstić information content (AvgIpc) is 2.72. The topological polar surface area (TPSA) is 111 Å². The van der Waals surface area contributed by atoms with Gasteiger partial charge in [-0.2, -0.15) is 0 Å². The molecule has 3 rings (SSSR count). The van der Waals surface area contributed by atoms with Gasteiger partial charge in [0.25, 0.3) is 5.91 Å². The molecule has 7 nitrogen and oxygen atoms in total. The highest BCUT2D eigenvalue weighted by Crippen LogP contribution is 2.39. The van der Waals surface area contributed by atoms with Gasteiger partial charge in [-0.1, -0.05) is 23.7 Å². The summed E-state index contributed by atoms with van der Waals surface area (Å²) in [5.41, 5.74) is 8.92. The minimum Gasteiger partial charge on any atom is -0.505 e. The lowest BCUT2D eigenvalue weighted by Crippen LogP contribution is -2.11. The van der Waals surface area contributed by atoms with E-state index in [1.165, 1.54) is 6.92 Å². The van der Waals surface area contributed by atoms with E-state index in [-0.39, 0.29) is 35.5 Å². The van der Waals surface area contributed by atoms with Gasteiger partial charge in [-0.3, -0.25) is 15.3 Å². The Bertz CT molecular complexity index is 1080. The number of carbonyl (C=O) groups is 2. The highest BCUT2D eigenvalue weighted by atomic mass is 35.5. The van der Waals surface area contributed by atoms with Gasteiger partial charge in [0.05, 0.1) is 0 Å². The van der Waals surface area contributed by atoms with Crippen LogP contribution in [0.15, 0.2) is 60.7 Å². The highest BCUT2D eigenvalue weighted by molar-refractivity contribution is 6.31. The molecule has 3 aromatic carbocycles. The molecule has 0 aliphatic rings. The molecule has 0 atom stereocenters. The molecule has 0 spiro atoms. The summed E-state index contributed by atoms with van der Waals surface area (Å²) >= 11 is 5.91. The minimum absolute atomic E-state index is 0.102. The zero-order chi connectivity index (χ0) is 21.7. The maximum atomic E-state index is 12.3. The number of hydrogen-bond acceptors (Lipinski definition) is 4. The van der Waals surface area contributed by atoms with Crippen LogP contribution in [0.3, 0.4) is 0 Å². The smallest absolute Gasteiger partial charge is 0.255 e. The molecule has 0 aliphatic carbocycles. The van der Waals surface area contributed by atoms with Crippen LogP contribution in [0.25, 0.3) is 0 Å². The van der Waals surface area contributed by atoms with Gasteiger partial charge in [0.1, 0.15) is 17.2 Å². The number of carbonyl (C=O) groups excluding carboxylic acids is 2.